The van der Waals surface area contributed by atoms with Crippen LogP contribution in [-0.4, -0.2) is 43.1 Å². The van der Waals surface area contributed by atoms with Crippen LogP contribution in [-0.2, 0) is 11.3 Å². The molecule has 4 rings (SSSR count). The molecule has 1 saturated heterocycles. The molecule has 0 bridgehead atoms. The van der Waals surface area contributed by atoms with Crippen molar-refractivity contribution in [3.05, 3.63) is 42.0 Å². The number of nitrogens with zero attached hydrogens (tertiary/aromatic N) is 1. The second-order valence-electron chi connectivity index (χ2n) is 5.80. The summed E-state index contributed by atoms with van der Waals surface area (Å²) in [6, 6.07) is 11.6. The van der Waals surface area contributed by atoms with E-state index in [1.807, 2.05) is 30.3 Å². The van der Waals surface area contributed by atoms with Gasteiger partial charge in [0.2, 0.25) is 6.79 Å². The molecule has 2 heterocycles. The van der Waals surface area contributed by atoms with Crippen LogP contribution in [0.4, 0.5) is 0 Å². The number of ether oxygens (including phenoxy) is 3. The van der Waals surface area contributed by atoms with E-state index in [9.17, 15) is 5.11 Å². The number of phenolic OH excluding ortho intramolecular Hbond substituents is 1. The summed E-state index contributed by atoms with van der Waals surface area (Å²) in [6.45, 7) is 4.30. The van der Waals surface area contributed by atoms with Gasteiger partial charge in [-0.05, 0) is 35.4 Å². The van der Waals surface area contributed by atoms with Crippen molar-refractivity contribution < 1.29 is 19.3 Å². The molecule has 5 nitrogen and oxygen atoms in total. The number of hydrogen-bond acceptors (Lipinski definition) is 5. The zero-order valence-corrected chi connectivity index (χ0v) is 12.8. The SMILES string of the molecule is Oc1ccc(-c2ccc3c(c2)OCO3)cc1CN1CCOCC1. The van der Waals surface area contributed by atoms with E-state index in [4.69, 9.17) is 14.2 Å². The van der Waals surface area contributed by atoms with Crippen LogP contribution >= 0.6 is 0 Å². The number of hydrogen-bond donors (Lipinski definition) is 1. The lowest BCUT2D eigenvalue weighted by molar-refractivity contribution is 0.0339. The molecule has 1 N–H and O–H groups in total. The van der Waals surface area contributed by atoms with Gasteiger partial charge in [0.25, 0.3) is 0 Å². The lowest BCUT2D eigenvalue weighted by atomic mass is 10.0. The van der Waals surface area contributed by atoms with Crippen molar-refractivity contribution in [3.8, 4) is 28.4 Å². The monoisotopic (exact) mass is 313 g/mol. The van der Waals surface area contributed by atoms with Gasteiger partial charge in [-0.3, -0.25) is 4.90 Å². The normalized spacial score (nSPS) is 17.4. The molecular weight excluding hydrogens is 294 g/mol. The van der Waals surface area contributed by atoms with Crippen LogP contribution in [0, 0.1) is 0 Å². The van der Waals surface area contributed by atoms with Crippen LogP contribution in [0.25, 0.3) is 11.1 Å². The molecule has 2 aliphatic rings. The predicted octanol–water partition coefficient (Wildman–Crippen LogP) is 2.62. The fourth-order valence-electron chi connectivity index (χ4n) is 2.97. The Morgan fingerprint density at radius 3 is 2.52 bits per heavy atom. The second kappa shape index (κ2) is 6.10. The maximum Gasteiger partial charge on any atom is 0.231 e. The van der Waals surface area contributed by atoms with Crippen molar-refractivity contribution in [1.29, 1.82) is 0 Å². The summed E-state index contributed by atoms with van der Waals surface area (Å²) in [6.07, 6.45) is 0. The van der Waals surface area contributed by atoms with Crippen LogP contribution < -0.4 is 9.47 Å². The summed E-state index contributed by atoms with van der Waals surface area (Å²) in [5, 5.41) is 10.2. The van der Waals surface area contributed by atoms with E-state index in [-0.39, 0.29) is 6.79 Å². The lowest BCUT2D eigenvalue weighted by Crippen LogP contribution is -2.35. The minimum atomic E-state index is 0.274. The molecule has 0 aliphatic carbocycles. The Hall–Kier alpha value is -2.24. The van der Waals surface area contributed by atoms with Gasteiger partial charge in [0, 0.05) is 25.2 Å². The Bertz CT molecular complexity index is 710. The standard InChI is InChI=1S/C18H19NO4/c20-16-3-1-13(9-15(16)11-19-5-7-21-8-6-19)14-2-4-17-18(10-14)23-12-22-17/h1-4,9-10,20H,5-8,11-12H2. The zero-order chi connectivity index (χ0) is 15.6. The van der Waals surface area contributed by atoms with E-state index >= 15 is 0 Å². The van der Waals surface area contributed by atoms with Gasteiger partial charge in [0.15, 0.2) is 11.5 Å². The van der Waals surface area contributed by atoms with Crippen LogP contribution in [0.1, 0.15) is 5.56 Å². The van der Waals surface area contributed by atoms with E-state index in [0.717, 1.165) is 61.0 Å². The number of morpholine rings is 1. The quantitative estimate of drug-likeness (QED) is 0.944. The Morgan fingerprint density at radius 1 is 0.913 bits per heavy atom. The smallest absolute Gasteiger partial charge is 0.231 e. The number of phenols is 1. The number of rotatable bonds is 3. The first kappa shape index (κ1) is 14.4. The van der Waals surface area contributed by atoms with Crippen molar-refractivity contribution in [2.24, 2.45) is 0 Å². The average molecular weight is 313 g/mol. The highest BCUT2D eigenvalue weighted by atomic mass is 16.7. The molecule has 2 aromatic carbocycles. The fourth-order valence-corrected chi connectivity index (χ4v) is 2.97. The van der Waals surface area contributed by atoms with Crippen molar-refractivity contribution in [2.45, 2.75) is 6.54 Å². The van der Waals surface area contributed by atoms with Gasteiger partial charge in [-0.15, -0.1) is 0 Å². The summed E-state index contributed by atoms with van der Waals surface area (Å²) in [5.74, 6) is 1.88. The Balaban J connectivity index is 1.60. The molecule has 120 valence electrons. The van der Waals surface area contributed by atoms with Crippen LogP contribution in [0.3, 0.4) is 0 Å². The highest BCUT2D eigenvalue weighted by Crippen LogP contribution is 2.36. The summed E-state index contributed by atoms with van der Waals surface area (Å²) < 4.78 is 16.2. The van der Waals surface area contributed by atoms with Crippen molar-refractivity contribution >= 4 is 0 Å². The zero-order valence-electron chi connectivity index (χ0n) is 12.8. The minimum absolute atomic E-state index is 0.274. The van der Waals surface area contributed by atoms with E-state index in [2.05, 4.69) is 4.90 Å². The second-order valence-corrected chi connectivity index (χ2v) is 5.80. The highest BCUT2D eigenvalue weighted by Gasteiger charge is 2.16. The van der Waals surface area contributed by atoms with Crippen LogP contribution in [0.2, 0.25) is 0 Å². The fraction of sp³-hybridized carbons (Fsp3) is 0.333. The first-order valence-electron chi connectivity index (χ1n) is 7.81. The van der Waals surface area contributed by atoms with Gasteiger partial charge in [-0.1, -0.05) is 12.1 Å². The first-order valence-corrected chi connectivity index (χ1v) is 7.81. The molecule has 0 amide bonds. The third kappa shape index (κ3) is 2.98. The predicted molar refractivity (Wildman–Crippen MR) is 85.8 cm³/mol. The Morgan fingerprint density at radius 2 is 1.65 bits per heavy atom. The summed E-state index contributed by atoms with van der Waals surface area (Å²) in [4.78, 5) is 2.29. The van der Waals surface area contributed by atoms with Crippen molar-refractivity contribution in [2.75, 3.05) is 33.1 Å². The largest absolute Gasteiger partial charge is 0.508 e. The van der Waals surface area contributed by atoms with Gasteiger partial charge in [-0.25, -0.2) is 0 Å². The van der Waals surface area contributed by atoms with Gasteiger partial charge in [0.05, 0.1) is 13.2 Å². The molecule has 0 spiro atoms. The van der Waals surface area contributed by atoms with E-state index in [0.29, 0.717) is 5.75 Å². The molecule has 2 aromatic rings. The average Bonchev–Trinajstić information content (AvgIpc) is 3.05. The maximum atomic E-state index is 10.2. The highest BCUT2D eigenvalue weighted by molar-refractivity contribution is 5.69. The van der Waals surface area contributed by atoms with Gasteiger partial charge < -0.3 is 19.3 Å². The molecule has 5 heteroatoms. The summed E-state index contributed by atoms with van der Waals surface area (Å²) in [5.41, 5.74) is 3.05. The lowest BCUT2D eigenvalue weighted by Gasteiger charge is -2.27. The minimum Gasteiger partial charge on any atom is -0.508 e. The third-order valence-electron chi connectivity index (χ3n) is 4.28. The van der Waals surface area contributed by atoms with Gasteiger partial charge in [0.1, 0.15) is 5.75 Å². The maximum absolute atomic E-state index is 10.2. The van der Waals surface area contributed by atoms with Gasteiger partial charge >= 0.3 is 0 Å². The van der Waals surface area contributed by atoms with E-state index in [1.54, 1.807) is 6.07 Å². The van der Waals surface area contributed by atoms with E-state index in [1.165, 1.54) is 0 Å². The molecule has 0 aromatic heterocycles. The third-order valence-corrected chi connectivity index (χ3v) is 4.28. The summed E-state index contributed by atoms with van der Waals surface area (Å²) in [7, 11) is 0. The molecule has 0 unspecified atom stereocenters. The molecule has 1 fully saturated rings. The molecule has 0 atom stereocenters. The van der Waals surface area contributed by atoms with E-state index < -0.39 is 0 Å². The molecule has 23 heavy (non-hydrogen) atoms. The topological polar surface area (TPSA) is 51.2 Å². The number of benzene rings is 2. The molecular formula is C18H19NO4. The number of fused-ring (bicyclic) bond motifs is 1. The van der Waals surface area contributed by atoms with Crippen LogP contribution in [0.15, 0.2) is 36.4 Å². The molecule has 2 aliphatic heterocycles. The van der Waals surface area contributed by atoms with Crippen molar-refractivity contribution in [1.82, 2.24) is 4.90 Å². The molecule has 0 radical (unpaired) electrons. The molecule has 0 saturated carbocycles. The van der Waals surface area contributed by atoms with Crippen LogP contribution in [0.5, 0.6) is 17.2 Å². The van der Waals surface area contributed by atoms with Gasteiger partial charge in [-0.2, -0.15) is 0 Å². The Kier molecular flexibility index (Phi) is 3.81. The van der Waals surface area contributed by atoms with Crippen molar-refractivity contribution in [3.63, 3.8) is 0 Å². The number of aromatic hydroxyl groups is 1. The Labute approximate surface area is 135 Å². The first-order chi connectivity index (χ1) is 11.3. The summed E-state index contributed by atoms with van der Waals surface area (Å²) >= 11 is 0.